The standard InChI is InChI=1S/C27H33N5O2S/c1-17(2)9-8-10-20(5)28-24(33)16-35-27-30-29-26-31(23-15-18(3)13-14-19(23)4)25(34)21-11-6-7-12-22(21)32(26)27/h6-7,11-15,17,20H,8-10,16H2,1-5H3,(H,28,33). The third kappa shape index (κ3) is 5.42. The van der Waals surface area contributed by atoms with E-state index in [-0.39, 0.29) is 23.3 Å². The Labute approximate surface area is 210 Å². The molecule has 2 aromatic carbocycles. The summed E-state index contributed by atoms with van der Waals surface area (Å²) in [6.07, 6.45) is 3.23. The normalized spacial score (nSPS) is 12.5. The number of thioether (sulfide) groups is 1. The summed E-state index contributed by atoms with van der Waals surface area (Å²) in [5, 5.41) is 13.0. The number of carbonyl (C=O) groups is 1. The van der Waals surface area contributed by atoms with Crippen LogP contribution in [0.15, 0.2) is 52.4 Å². The smallest absolute Gasteiger partial charge is 0.267 e. The zero-order chi connectivity index (χ0) is 25.1. The van der Waals surface area contributed by atoms with Crippen LogP contribution in [-0.2, 0) is 4.79 Å². The van der Waals surface area contributed by atoms with Crippen LogP contribution in [0, 0.1) is 19.8 Å². The van der Waals surface area contributed by atoms with Crippen molar-refractivity contribution in [2.45, 2.75) is 65.1 Å². The number of nitrogens with zero attached hydrogens (tertiary/aromatic N) is 4. The third-order valence-electron chi connectivity index (χ3n) is 6.16. The fourth-order valence-corrected chi connectivity index (χ4v) is 5.05. The number of hydrogen-bond acceptors (Lipinski definition) is 5. The molecule has 0 spiro atoms. The summed E-state index contributed by atoms with van der Waals surface area (Å²) in [4.78, 5) is 26.2. The number of benzene rings is 2. The van der Waals surface area contributed by atoms with Gasteiger partial charge in [-0.25, -0.2) is 4.57 Å². The lowest BCUT2D eigenvalue weighted by molar-refractivity contribution is -0.119. The molecule has 0 saturated heterocycles. The minimum atomic E-state index is -0.140. The van der Waals surface area contributed by atoms with E-state index in [1.54, 1.807) is 4.57 Å². The van der Waals surface area contributed by atoms with Gasteiger partial charge in [0.25, 0.3) is 5.56 Å². The largest absolute Gasteiger partial charge is 0.353 e. The number of nitrogens with one attached hydrogen (secondary N) is 1. The molecule has 8 heteroatoms. The van der Waals surface area contributed by atoms with Crippen molar-refractivity contribution in [2.75, 3.05) is 5.75 Å². The van der Waals surface area contributed by atoms with Gasteiger partial charge in [0, 0.05) is 6.04 Å². The van der Waals surface area contributed by atoms with Gasteiger partial charge in [-0.1, -0.05) is 62.7 Å². The average molecular weight is 492 g/mol. The number of para-hydroxylation sites is 1. The second-order valence-electron chi connectivity index (χ2n) is 9.65. The van der Waals surface area contributed by atoms with Crippen molar-refractivity contribution in [2.24, 2.45) is 5.92 Å². The number of hydrogen-bond donors (Lipinski definition) is 1. The van der Waals surface area contributed by atoms with Crippen LogP contribution in [0.1, 0.15) is 51.2 Å². The second kappa shape index (κ2) is 10.6. The van der Waals surface area contributed by atoms with Crippen molar-refractivity contribution in [1.82, 2.24) is 24.5 Å². The Kier molecular flexibility index (Phi) is 7.60. The quantitative estimate of drug-likeness (QED) is 0.331. The first kappa shape index (κ1) is 25.0. The van der Waals surface area contributed by atoms with Crippen molar-refractivity contribution in [3.8, 4) is 5.69 Å². The van der Waals surface area contributed by atoms with Crippen molar-refractivity contribution < 1.29 is 4.79 Å². The number of fused-ring (bicyclic) bond motifs is 3. The van der Waals surface area contributed by atoms with E-state index < -0.39 is 0 Å². The summed E-state index contributed by atoms with van der Waals surface area (Å²) in [5.41, 5.74) is 3.39. The van der Waals surface area contributed by atoms with Crippen LogP contribution < -0.4 is 10.9 Å². The molecule has 7 nitrogen and oxygen atoms in total. The second-order valence-corrected chi connectivity index (χ2v) is 10.6. The Morgan fingerprint density at radius 2 is 1.83 bits per heavy atom. The molecule has 2 heterocycles. The molecule has 1 amide bonds. The van der Waals surface area contributed by atoms with E-state index in [9.17, 15) is 9.59 Å². The predicted molar refractivity (Wildman–Crippen MR) is 143 cm³/mol. The van der Waals surface area contributed by atoms with Crippen molar-refractivity contribution in [3.05, 3.63) is 63.9 Å². The highest BCUT2D eigenvalue weighted by Crippen LogP contribution is 2.24. The molecule has 0 bridgehead atoms. The number of amides is 1. The molecule has 35 heavy (non-hydrogen) atoms. The van der Waals surface area contributed by atoms with Gasteiger partial charge in [0.15, 0.2) is 5.16 Å². The maximum Gasteiger partial charge on any atom is 0.267 e. The molecular weight excluding hydrogens is 458 g/mol. The van der Waals surface area contributed by atoms with E-state index in [2.05, 4.69) is 29.4 Å². The molecule has 1 N–H and O–H groups in total. The SMILES string of the molecule is Cc1ccc(C)c(-n2c(=O)c3ccccc3n3c(SCC(=O)NC(C)CCCC(C)C)nnc23)c1. The summed E-state index contributed by atoms with van der Waals surface area (Å²) in [6, 6.07) is 13.6. The van der Waals surface area contributed by atoms with Crippen LogP contribution in [0.5, 0.6) is 0 Å². The Hall–Kier alpha value is -3.13. The highest BCUT2D eigenvalue weighted by atomic mass is 32.2. The van der Waals surface area contributed by atoms with Crippen LogP contribution in [0.4, 0.5) is 0 Å². The van der Waals surface area contributed by atoms with Gasteiger partial charge in [-0.3, -0.25) is 14.0 Å². The van der Waals surface area contributed by atoms with E-state index in [0.29, 0.717) is 22.2 Å². The molecule has 0 radical (unpaired) electrons. The molecule has 0 aliphatic rings. The molecule has 2 aromatic heterocycles. The van der Waals surface area contributed by atoms with Crippen LogP contribution in [-0.4, -0.2) is 36.9 Å². The van der Waals surface area contributed by atoms with Gasteiger partial charge in [-0.15, -0.1) is 10.2 Å². The topological polar surface area (TPSA) is 81.3 Å². The summed E-state index contributed by atoms with van der Waals surface area (Å²) in [5.74, 6) is 1.31. The predicted octanol–water partition coefficient (Wildman–Crippen LogP) is 5.07. The summed E-state index contributed by atoms with van der Waals surface area (Å²) in [6.45, 7) is 10.5. The molecule has 0 aliphatic carbocycles. The minimum absolute atomic E-state index is 0.0315. The lowest BCUT2D eigenvalue weighted by Gasteiger charge is -2.15. The van der Waals surface area contributed by atoms with Gasteiger partial charge in [0.05, 0.1) is 22.3 Å². The van der Waals surface area contributed by atoms with Crippen LogP contribution in [0.3, 0.4) is 0 Å². The highest BCUT2D eigenvalue weighted by molar-refractivity contribution is 7.99. The molecule has 184 valence electrons. The molecule has 0 fully saturated rings. The maximum absolute atomic E-state index is 13.5. The Morgan fingerprint density at radius 3 is 2.60 bits per heavy atom. The van der Waals surface area contributed by atoms with Gasteiger partial charge >= 0.3 is 0 Å². The van der Waals surface area contributed by atoms with E-state index in [4.69, 9.17) is 0 Å². The molecule has 1 unspecified atom stereocenters. The van der Waals surface area contributed by atoms with Gasteiger partial charge in [0.2, 0.25) is 11.7 Å². The van der Waals surface area contributed by atoms with Crippen molar-refractivity contribution >= 4 is 34.3 Å². The number of aryl methyl sites for hydroxylation is 2. The summed E-state index contributed by atoms with van der Waals surface area (Å²) in [7, 11) is 0. The average Bonchev–Trinajstić information content (AvgIpc) is 3.23. The van der Waals surface area contributed by atoms with Gasteiger partial charge in [-0.2, -0.15) is 0 Å². The monoisotopic (exact) mass is 491 g/mol. The molecule has 1 atom stereocenters. The molecular formula is C27H33N5O2S. The van der Waals surface area contributed by atoms with Gasteiger partial charge < -0.3 is 5.32 Å². The van der Waals surface area contributed by atoms with Crippen molar-refractivity contribution in [1.29, 1.82) is 0 Å². The number of carbonyl (C=O) groups excluding carboxylic acids is 1. The van der Waals surface area contributed by atoms with E-state index in [1.165, 1.54) is 11.8 Å². The molecule has 0 aliphatic heterocycles. The zero-order valence-electron chi connectivity index (χ0n) is 21.0. The number of aromatic nitrogens is 4. The lowest BCUT2D eigenvalue weighted by atomic mass is 10.0. The van der Waals surface area contributed by atoms with Gasteiger partial charge in [-0.05, 0) is 62.4 Å². The van der Waals surface area contributed by atoms with Crippen molar-refractivity contribution in [3.63, 3.8) is 0 Å². The van der Waals surface area contributed by atoms with E-state index >= 15 is 0 Å². The lowest BCUT2D eigenvalue weighted by Crippen LogP contribution is -2.33. The molecule has 4 aromatic rings. The molecule has 4 rings (SSSR count). The summed E-state index contributed by atoms with van der Waals surface area (Å²) < 4.78 is 3.50. The van der Waals surface area contributed by atoms with E-state index in [1.807, 2.05) is 67.6 Å². The zero-order valence-corrected chi connectivity index (χ0v) is 21.9. The fraction of sp³-hybridized carbons (Fsp3) is 0.407. The third-order valence-corrected chi connectivity index (χ3v) is 7.09. The first-order valence-corrected chi connectivity index (χ1v) is 13.1. The van der Waals surface area contributed by atoms with Crippen LogP contribution in [0.25, 0.3) is 22.4 Å². The first-order valence-electron chi connectivity index (χ1n) is 12.1. The Balaban J connectivity index is 1.66. The minimum Gasteiger partial charge on any atom is -0.353 e. The summed E-state index contributed by atoms with van der Waals surface area (Å²) >= 11 is 1.33. The fourth-order valence-electron chi connectivity index (χ4n) is 4.30. The van der Waals surface area contributed by atoms with E-state index in [0.717, 1.165) is 41.6 Å². The number of rotatable bonds is 9. The Bertz CT molecular complexity index is 1420. The van der Waals surface area contributed by atoms with Crippen LogP contribution in [0.2, 0.25) is 0 Å². The van der Waals surface area contributed by atoms with Crippen LogP contribution >= 0.6 is 11.8 Å². The Morgan fingerprint density at radius 1 is 1.06 bits per heavy atom. The highest BCUT2D eigenvalue weighted by Gasteiger charge is 2.20. The molecule has 0 saturated carbocycles. The van der Waals surface area contributed by atoms with Gasteiger partial charge in [0.1, 0.15) is 0 Å². The first-order chi connectivity index (χ1) is 16.8. The maximum atomic E-state index is 13.5.